The van der Waals surface area contributed by atoms with Gasteiger partial charge in [0.25, 0.3) is 0 Å². The van der Waals surface area contributed by atoms with Gasteiger partial charge < -0.3 is 0 Å². The number of halogens is 5. The maximum Gasteiger partial charge on any atom is -0.147 e. The molecule has 34 heavy (non-hydrogen) atoms. The van der Waals surface area contributed by atoms with E-state index in [0.717, 1.165) is 11.1 Å². The van der Waals surface area contributed by atoms with E-state index in [1.165, 1.54) is 40.0 Å². The molecule has 0 N–H and O–H groups in total. The van der Waals surface area contributed by atoms with Crippen molar-refractivity contribution in [3.63, 3.8) is 0 Å². The quantitative estimate of drug-likeness (QED) is 0.308. The van der Waals surface area contributed by atoms with E-state index in [2.05, 4.69) is 68.1 Å². The second-order valence-corrected chi connectivity index (χ2v) is 40.1. The van der Waals surface area contributed by atoms with E-state index in [-0.39, 0.29) is 24.8 Å². The van der Waals surface area contributed by atoms with Crippen LogP contribution in [0.15, 0.2) is 74.6 Å². The molecule has 4 rings (SSSR count). The third-order valence-electron chi connectivity index (χ3n) is 7.97. The molecule has 2 unspecified atom stereocenters. The minimum Gasteiger partial charge on any atom is -0.147 e. The number of hydrogen-bond donors (Lipinski definition) is 0. The van der Waals surface area contributed by atoms with Gasteiger partial charge in [-0.15, -0.1) is 24.8 Å². The van der Waals surface area contributed by atoms with Crippen LogP contribution in [0.3, 0.4) is 0 Å². The summed E-state index contributed by atoms with van der Waals surface area (Å²) in [6.07, 6.45) is -1.94. The SMILES string of the molecule is CC1=C(C)C(C)[C]([Zr]([CH3])([CH3])(=[SiH2])[CH]2C=C(c3ccc(C(F)(F)F)cc3)c3ccccc32)=C1C.Cl.Cl. The molecule has 2 aliphatic carbocycles. The van der Waals surface area contributed by atoms with Crippen LogP contribution in [0.25, 0.3) is 5.57 Å². The minimum absolute atomic E-state index is 0. The van der Waals surface area contributed by atoms with E-state index >= 15 is 0 Å². The first-order valence-corrected chi connectivity index (χ1v) is 24.7. The largest absolute Gasteiger partial charge is 0.147 e. The number of allylic oxidation sites excluding steroid dienone is 5. The molecular formula is C27H33Cl2F3SiZr. The molecule has 0 radical (unpaired) electrons. The number of rotatable bonds is 3. The van der Waals surface area contributed by atoms with Gasteiger partial charge in [0.05, 0.1) is 0 Å². The van der Waals surface area contributed by atoms with Crippen LogP contribution in [0.1, 0.15) is 53.6 Å². The molecule has 0 amide bonds. The Bertz CT molecular complexity index is 1280. The normalized spacial score (nSPS) is 20.6. The first-order valence-electron chi connectivity index (χ1n) is 11.2. The molecule has 7 heteroatoms. The summed E-state index contributed by atoms with van der Waals surface area (Å²) in [7, 11) is 0. The molecule has 0 spiro atoms. The molecule has 0 saturated heterocycles. The minimum atomic E-state index is -4.32. The molecule has 0 aliphatic heterocycles. The van der Waals surface area contributed by atoms with Gasteiger partial charge in [-0.25, -0.2) is 0 Å². The Morgan fingerprint density at radius 3 is 1.91 bits per heavy atom. The van der Waals surface area contributed by atoms with Gasteiger partial charge in [-0.1, -0.05) is 0 Å². The van der Waals surface area contributed by atoms with E-state index in [4.69, 9.17) is 0 Å². The summed E-state index contributed by atoms with van der Waals surface area (Å²) in [5, 5.41) is 0. The topological polar surface area (TPSA) is 0 Å². The predicted octanol–water partition coefficient (Wildman–Crippen LogP) is 8.63. The molecule has 0 saturated carbocycles. The summed E-state index contributed by atoms with van der Waals surface area (Å²) in [4.78, 5) is 0. The van der Waals surface area contributed by atoms with Crippen molar-refractivity contribution in [1.82, 2.24) is 0 Å². The zero-order valence-electron chi connectivity index (χ0n) is 20.5. The van der Waals surface area contributed by atoms with Crippen molar-refractivity contribution in [3.8, 4) is 0 Å². The van der Waals surface area contributed by atoms with Gasteiger partial charge in [0.2, 0.25) is 0 Å². The summed E-state index contributed by atoms with van der Waals surface area (Å²) >= 11 is -3.52. The Labute approximate surface area is 216 Å². The van der Waals surface area contributed by atoms with Gasteiger partial charge in [-0.2, -0.15) is 0 Å². The summed E-state index contributed by atoms with van der Waals surface area (Å²) in [6.45, 7) is 11.4. The smallest absolute Gasteiger partial charge is 0.147 e. The maximum atomic E-state index is 13.1. The van der Waals surface area contributed by atoms with Crippen molar-refractivity contribution in [3.05, 3.63) is 96.9 Å². The van der Waals surface area contributed by atoms with Crippen LogP contribution < -0.4 is 0 Å². The predicted molar refractivity (Wildman–Crippen MR) is 143 cm³/mol. The zero-order chi connectivity index (χ0) is 23.7. The fourth-order valence-electron chi connectivity index (χ4n) is 6.07. The number of benzene rings is 2. The number of hydrogen-bond acceptors (Lipinski definition) is 0. The van der Waals surface area contributed by atoms with Gasteiger partial charge in [0.1, 0.15) is 0 Å². The Hall–Kier alpha value is -0.870. The summed E-state index contributed by atoms with van der Waals surface area (Å²) < 4.78 is 46.4. The average molecular weight is 605 g/mol. The van der Waals surface area contributed by atoms with E-state index < -0.39 is 29.1 Å². The number of alkyl halides is 3. The first-order chi connectivity index (χ1) is 14.7. The Balaban J connectivity index is 0.00000204. The van der Waals surface area contributed by atoms with Crippen LogP contribution in [-0.2, 0) is 23.6 Å². The molecule has 0 aromatic heterocycles. The van der Waals surface area contributed by atoms with E-state index in [1.54, 1.807) is 15.4 Å². The Morgan fingerprint density at radius 1 is 0.853 bits per heavy atom. The van der Waals surface area contributed by atoms with Crippen molar-refractivity contribution in [1.29, 1.82) is 0 Å². The molecule has 0 bridgehead atoms. The monoisotopic (exact) mass is 602 g/mol. The van der Waals surface area contributed by atoms with Gasteiger partial charge in [-0.3, -0.25) is 0 Å². The Morgan fingerprint density at radius 2 is 1.41 bits per heavy atom. The van der Waals surface area contributed by atoms with Crippen molar-refractivity contribution < 1.29 is 30.6 Å². The standard InChI is InChI=1S/C16H10F3.C9H13.2CH3.2ClH.H2Si.Zr/c17-16(18,19)13-8-5-12(6-9-13)15-10-7-11-3-1-2-4-14(11)15;1-6-5-7(2)9(4)8(6)3;;;;;;/h1-10H;6H,1-4H3;2*1H3;2*1H;1H2;. The first kappa shape index (κ1) is 29.4. The molecule has 2 aromatic carbocycles. The summed E-state index contributed by atoms with van der Waals surface area (Å²) in [5.74, 6) is 0.462. The van der Waals surface area contributed by atoms with Crippen LogP contribution in [0.2, 0.25) is 9.26 Å². The van der Waals surface area contributed by atoms with Crippen LogP contribution in [0.5, 0.6) is 0 Å². The van der Waals surface area contributed by atoms with E-state index in [1.807, 2.05) is 6.07 Å². The van der Waals surface area contributed by atoms with Gasteiger partial charge in [0, 0.05) is 0 Å². The summed E-state index contributed by atoms with van der Waals surface area (Å²) in [6, 6.07) is 14.1. The molecule has 2 aliphatic rings. The van der Waals surface area contributed by atoms with Crippen LogP contribution in [-0.4, -0.2) is 6.88 Å². The van der Waals surface area contributed by atoms with E-state index in [0.29, 0.717) is 9.54 Å². The molecule has 2 aromatic rings. The molecule has 2 atom stereocenters. The second-order valence-electron chi connectivity index (χ2n) is 10.6. The molecule has 0 heterocycles. The average Bonchev–Trinajstić information content (AvgIpc) is 3.20. The number of fused-ring (bicyclic) bond motifs is 1. The second kappa shape index (κ2) is 9.54. The fraction of sp³-hybridized carbons (Fsp3) is 0.333. The molecular weight excluding hydrogens is 572 g/mol. The van der Waals surface area contributed by atoms with Crippen LogP contribution in [0, 0.1) is 5.92 Å². The van der Waals surface area contributed by atoms with Crippen molar-refractivity contribution in [2.75, 3.05) is 0 Å². The van der Waals surface area contributed by atoms with Crippen LogP contribution in [0.4, 0.5) is 13.2 Å². The maximum absolute atomic E-state index is 13.1. The zero-order valence-corrected chi connectivity index (χ0v) is 26.0. The van der Waals surface area contributed by atoms with Crippen molar-refractivity contribution in [2.24, 2.45) is 5.92 Å². The third kappa shape index (κ3) is 4.63. The van der Waals surface area contributed by atoms with Gasteiger partial charge in [0.15, 0.2) is 0 Å². The molecule has 0 fully saturated rings. The van der Waals surface area contributed by atoms with Crippen molar-refractivity contribution in [2.45, 2.75) is 46.8 Å². The fourth-order valence-corrected chi connectivity index (χ4v) is 24.6. The third-order valence-corrected chi connectivity index (χ3v) is 25.2. The summed E-state index contributed by atoms with van der Waals surface area (Å²) in [5.41, 5.74) is 8.21. The van der Waals surface area contributed by atoms with Crippen LogP contribution >= 0.6 is 24.8 Å². The van der Waals surface area contributed by atoms with E-state index in [9.17, 15) is 13.2 Å². The molecule has 184 valence electrons. The van der Waals surface area contributed by atoms with Gasteiger partial charge >= 0.3 is 193 Å². The van der Waals surface area contributed by atoms with Crippen molar-refractivity contribution >= 4 is 37.3 Å². The molecule has 0 nitrogen and oxygen atoms in total. The Kier molecular flexibility index (Phi) is 8.24. The van der Waals surface area contributed by atoms with Gasteiger partial charge in [-0.05, 0) is 0 Å².